The van der Waals surface area contributed by atoms with E-state index in [1.54, 1.807) is 63.3 Å². The lowest BCUT2D eigenvalue weighted by Gasteiger charge is -2.29. The zero-order valence-electron chi connectivity index (χ0n) is 54.8. The Morgan fingerprint density at radius 2 is 0.931 bits per heavy atom. The number of nitrogens with one attached hydrogen (secondary N) is 6. The second-order valence-corrected chi connectivity index (χ2v) is 25.1. The van der Waals surface area contributed by atoms with E-state index in [0.29, 0.717) is 54.7 Å². The number of esters is 2. The van der Waals surface area contributed by atoms with Gasteiger partial charge in [-0.3, -0.25) is 19.2 Å². The van der Waals surface area contributed by atoms with Crippen molar-refractivity contribution >= 4 is 59.4 Å². The summed E-state index contributed by atoms with van der Waals surface area (Å²) in [5, 5.41) is 17.0. The molecule has 19 heteroatoms. The predicted molar refractivity (Wildman–Crippen MR) is 346 cm³/mol. The molecule has 0 spiro atoms. The third-order valence-corrected chi connectivity index (χ3v) is 13.3. The molecular formula is C68H101ClN6O12. The van der Waals surface area contributed by atoms with Crippen molar-refractivity contribution in [2.45, 2.75) is 212 Å². The van der Waals surface area contributed by atoms with Crippen LogP contribution in [0.25, 0.3) is 0 Å². The summed E-state index contributed by atoms with van der Waals surface area (Å²) >= 11 is 5.94. The van der Waals surface area contributed by atoms with Crippen LogP contribution < -0.4 is 31.9 Å². The molecule has 0 radical (unpaired) electrons. The van der Waals surface area contributed by atoms with Gasteiger partial charge in [0.05, 0.1) is 0 Å². The van der Waals surface area contributed by atoms with Crippen LogP contribution in [-0.2, 0) is 47.7 Å². The van der Waals surface area contributed by atoms with Gasteiger partial charge in [0.2, 0.25) is 23.6 Å². The summed E-state index contributed by atoms with van der Waals surface area (Å²) in [6.07, 6.45) is 33.9. The average molecular weight is 1230 g/mol. The minimum atomic E-state index is -0.808. The first kappa shape index (κ1) is 77.5. The maximum Gasteiger partial charge on any atom is 0.407 e. The highest BCUT2D eigenvalue weighted by Crippen LogP contribution is 2.25. The molecule has 6 amide bonds. The Bertz CT molecular complexity index is 2690. The van der Waals surface area contributed by atoms with Crippen LogP contribution in [0.15, 0.2) is 143 Å². The van der Waals surface area contributed by atoms with Crippen molar-refractivity contribution in [2.24, 2.45) is 22.7 Å². The van der Waals surface area contributed by atoms with Crippen molar-refractivity contribution in [1.82, 2.24) is 31.9 Å². The maximum absolute atomic E-state index is 13.0. The van der Waals surface area contributed by atoms with E-state index in [1.165, 1.54) is 24.6 Å². The third-order valence-electron chi connectivity index (χ3n) is 13.1. The minimum absolute atomic E-state index is 0.0343. The van der Waals surface area contributed by atoms with Crippen LogP contribution in [0.1, 0.15) is 163 Å². The maximum atomic E-state index is 13.0. The van der Waals surface area contributed by atoms with Gasteiger partial charge in [0.15, 0.2) is 0 Å². The number of rotatable bonds is 28. The Kier molecular flexibility index (Phi) is 35.7. The second kappa shape index (κ2) is 40.1. The number of halogens is 1. The number of hydrogen-bond acceptors (Lipinski definition) is 12. The Morgan fingerprint density at radius 1 is 0.575 bits per heavy atom. The normalized spacial score (nSPS) is 18.6. The van der Waals surface area contributed by atoms with Gasteiger partial charge < -0.3 is 50.8 Å². The summed E-state index contributed by atoms with van der Waals surface area (Å²) in [6, 6.07) is -1.69. The second-order valence-electron chi connectivity index (χ2n) is 24.5. The number of alkyl carbamates (subject to hydrolysis) is 2. The Hall–Kier alpha value is -7.47. The van der Waals surface area contributed by atoms with Crippen molar-refractivity contribution in [3.05, 3.63) is 143 Å². The van der Waals surface area contributed by atoms with E-state index < -0.39 is 53.0 Å². The van der Waals surface area contributed by atoms with Crippen molar-refractivity contribution in [3.8, 4) is 0 Å². The highest BCUT2D eigenvalue weighted by molar-refractivity contribution is 6.29. The molecular weight excluding hydrogens is 1130 g/mol. The number of ether oxygens (including phenoxy) is 4. The van der Waals surface area contributed by atoms with Gasteiger partial charge in [-0.25, -0.2) is 19.2 Å². The van der Waals surface area contributed by atoms with Crippen molar-refractivity contribution in [3.63, 3.8) is 0 Å². The van der Waals surface area contributed by atoms with Gasteiger partial charge in [0, 0.05) is 90.8 Å². The molecule has 0 aliphatic carbocycles. The molecule has 0 saturated carbocycles. The van der Waals surface area contributed by atoms with Gasteiger partial charge >= 0.3 is 24.1 Å². The van der Waals surface area contributed by atoms with E-state index in [2.05, 4.69) is 31.9 Å². The molecule has 87 heavy (non-hydrogen) atoms. The molecule has 8 atom stereocenters. The number of cyclic esters (lactones) is 2. The molecule has 0 saturated heterocycles. The first-order valence-corrected chi connectivity index (χ1v) is 30.2. The molecule has 2 rings (SSSR count). The summed E-state index contributed by atoms with van der Waals surface area (Å²) in [4.78, 5) is 98.9. The lowest BCUT2D eigenvalue weighted by molar-refractivity contribution is -0.148. The van der Waals surface area contributed by atoms with Crippen molar-refractivity contribution < 1.29 is 57.3 Å². The molecule has 0 unspecified atom stereocenters. The number of allylic oxidation sites excluding steroid dienone is 10. The minimum Gasteiger partial charge on any atom is -0.458 e. The zero-order chi connectivity index (χ0) is 66.0. The monoisotopic (exact) mass is 1230 g/mol. The first-order chi connectivity index (χ1) is 40.6. The number of amides is 6. The third kappa shape index (κ3) is 34.5. The Morgan fingerprint density at radius 3 is 1.26 bits per heavy atom. The lowest BCUT2D eigenvalue weighted by atomic mass is 9.86. The van der Waals surface area contributed by atoms with Crippen molar-refractivity contribution in [1.29, 1.82) is 0 Å². The van der Waals surface area contributed by atoms with E-state index in [-0.39, 0.29) is 66.0 Å². The van der Waals surface area contributed by atoms with Crippen LogP contribution in [-0.4, -0.2) is 96.3 Å². The molecule has 482 valence electrons. The average Bonchev–Trinajstić information content (AvgIpc) is 3.58. The van der Waals surface area contributed by atoms with Gasteiger partial charge in [-0.1, -0.05) is 169 Å². The fraction of sp³-hybridized carbons (Fsp3) is 0.529. The predicted octanol–water partition coefficient (Wildman–Crippen LogP) is 12.5. The van der Waals surface area contributed by atoms with Crippen molar-refractivity contribution in [2.75, 3.05) is 0 Å². The molecule has 2 aliphatic rings. The molecule has 0 bridgehead atoms. The van der Waals surface area contributed by atoms with E-state index in [0.717, 1.165) is 11.1 Å². The van der Waals surface area contributed by atoms with E-state index in [9.17, 15) is 38.4 Å². The fourth-order valence-electron chi connectivity index (χ4n) is 8.24. The van der Waals surface area contributed by atoms with Gasteiger partial charge in [0.1, 0.15) is 36.5 Å². The largest absolute Gasteiger partial charge is 0.458 e. The molecule has 18 nitrogen and oxygen atoms in total. The van der Waals surface area contributed by atoms with Gasteiger partial charge in [-0.05, 0) is 92.5 Å². The van der Waals surface area contributed by atoms with Gasteiger partial charge in [-0.2, -0.15) is 0 Å². The summed E-state index contributed by atoms with van der Waals surface area (Å²) in [5.41, 5.74) is 2.10. The summed E-state index contributed by atoms with van der Waals surface area (Å²) in [5.74, 6) is -2.01. The summed E-state index contributed by atoms with van der Waals surface area (Å²) in [6.45, 7) is 33.6. The lowest BCUT2D eigenvalue weighted by Crippen LogP contribution is -2.52. The molecule has 6 N–H and O–H groups in total. The fourth-order valence-corrected chi connectivity index (χ4v) is 8.33. The van der Waals surface area contributed by atoms with Crippen LogP contribution in [0.2, 0.25) is 0 Å². The molecule has 0 aromatic rings. The number of carbonyl (C=O) groups excluding carboxylic acids is 8. The van der Waals surface area contributed by atoms with Crippen LogP contribution >= 0.6 is 11.6 Å². The topological polar surface area (TPSA) is 246 Å². The summed E-state index contributed by atoms with van der Waals surface area (Å²) < 4.78 is 21.9. The van der Waals surface area contributed by atoms with E-state index in [4.69, 9.17) is 30.5 Å². The van der Waals surface area contributed by atoms with Gasteiger partial charge in [0.25, 0.3) is 0 Å². The Balaban J connectivity index is 0.000000870. The standard InChI is InChI=1S/C34H50ClN3O6.C34H51N3O6/c1-22(2)37-33(42)43-27(18-17-26(6)35)14-12-20-36-31(40)30(34(7,8)9)38-29(39)15-11-10-13-23(3)21-25(5)28-19-16-24(4)32(41)44-28;1-10-11-16-27(42-33(41)36-23(2)3)17-14-21-35-31(39)30(34(7,8)9)37-29(38)18-13-12-15-24(4)22-26(6)28-20-19-25(5)32(40)43-28/h10-13,15-17,20-22,25,27-28,30H,14,18-19H2,1-9H3,(H,36,40)(H,37,42)(H,38,39);10-15,18-19,21-23,26-28,30H,16-17,20H2,1-9H3,(H,35,39)(H,36,41)(H,37,38)/b13-10-,15-11-,20-12-,23-21+,26-17+;11-10-,15-12-,18-13-,21-14-,24-22+/t25-,27+,28-,30+;26-,27-,28-,30+/m00/s1. The molecule has 0 fully saturated rings. The highest BCUT2D eigenvalue weighted by Gasteiger charge is 2.33. The van der Waals surface area contributed by atoms with Crippen LogP contribution in [0.5, 0.6) is 0 Å². The number of hydrogen-bond donors (Lipinski definition) is 6. The zero-order valence-corrected chi connectivity index (χ0v) is 55.5. The van der Waals surface area contributed by atoms with Crippen LogP contribution in [0.4, 0.5) is 9.59 Å². The molecule has 0 aromatic heterocycles. The quantitative estimate of drug-likeness (QED) is 0.0141. The SMILES string of the molecule is C/C=C\C[C@@H](C/C=C\NC(=O)[C@@H](NC(=O)\C=C/C=C\C(C)=C\[C@H](C)[C@@H]1CC=C(C)C(=O)O1)C(C)(C)C)OC(=O)NC(C)C.CC1=CC[C@@H]([C@@H](C)/C=C(C)/C=C\C=C/C(=O)N[C@H](C(=O)N/C=C\C[C@H](C/C=C(\C)Cl)OC(=O)NC(C)C)C(C)(C)C)OC1=O. The van der Waals surface area contributed by atoms with Gasteiger partial charge in [-0.15, -0.1) is 0 Å². The molecule has 2 aliphatic heterocycles. The molecule has 0 aromatic carbocycles. The summed E-state index contributed by atoms with van der Waals surface area (Å²) in [7, 11) is 0. The van der Waals surface area contributed by atoms with Crippen LogP contribution in [0.3, 0.4) is 0 Å². The van der Waals surface area contributed by atoms with Crippen LogP contribution in [0, 0.1) is 22.7 Å². The number of carbonyl (C=O) groups is 8. The smallest absolute Gasteiger partial charge is 0.407 e. The first-order valence-electron chi connectivity index (χ1n) is 29.8. The Labute approximate surface area is 523 Å². The van der Waals surface area contributed by atoms with E-state index >= 15 is 0 Å². The highest BCUT2D eigenvalue weighted by atomic mass is 35.5. The van der Waals surface area contributed by atoms with E-state index in [1.807, 2.05) is 152 Å². The molecule has 2 heterocycles.